The van der Waals surface area contributed by atoms with Crippen LogP contribution in [0.15, 0.2) is 57.9 Å². The monoisotopic (exact) mass is 416 g/mol. The van der Waals surface area contributed by atoms with Crippen LogP contribution in [0.2, 0.25) is 0 Å². The lowest BCUT2D eigenvalue weighted by Gasteiger charge is -2.24. The Kier molecular flexibility index (Phi) is 5.76. The number of aryl methyl sites for hydroxylation is 1. The van der Waals surface area contributed by atoms with Gasteiger partial charge in [-0.1, -0.05) is 28.9 Å². The van der Waals surface area contributed by atoms with Crippen LogP contribution < -0.4 is 0 Å². The largest absolute Gasteiger partial charge is 0.338 e. The van der Waals surface area contributed by atoms with Gasteiger partial charge in [-0.3, -0.25) is 10.1 Å². The van der Waals surface area contributed by atoms with E-state index in [9.17, 15) is 18.5 Å². The number of nitrogens with zero attached hydrogens (tertiary/aromatic N) is 4. The number of hydrogen-bond acceptors (Lipinski definition) is 7. The number of benzene rings is 2. The quantitative estimate of drug-likeness (QED) is 0.427. The van der Waals surface area contributed by atoms with Gasteiger partial charge in [-0.05, 0) is 39.0 Å². The number of nitro benzene ring substituents is 1. The first kappa shape index (κ1) is 20.6. The summed E-state index contributed by atoms with van der Waals surface area (Å²) in [7, 11) is -3.92. The lowest BCUT2D eigenvalue weighted by Crippen LogP contribution is -2.36. The molecule has 0 saturated carbocycles. The van der Waals surface area contributed by atoms with Crippen LogP contribution in [0.5, 0.6) is 0 Å². The first-order valence-corrected chi connectivity index (χ1v) is 10.3. The third kappa shape index (κ3) is 4.49. The molecule has 0 N–H and O–H groups in total. The fraction of sp³-hybridized carbons (Fsp3) is 0.263. The van der Waals surface area contributed by atoms with Gasteiger partial charge >= 0.3 is 0 Å². The molecule has 0 fully saturated rings. The van der Waals surface area contributed by atoms with Gasteiger partial charge in [0.05, 0.1) is 16.4 Å². The molecular weight excluding hydrogens is 396 g/mol. The van der Waals surface area contributed by atoms with Crippen molar-refractivity contribution in [3.63, 3.8) is 0 Å². The van der Waals surface area contributed by atoms with E-state index in [1.807, 2.05) is 31.2 Å². The van der Waals surface area contributed by atoms with Gasteiger partial charge in [0.1, 0.15) is 0 Å². The molecule has 0 aliphatic carbocycles. The minimum atomic E-state index is -3.92. The van der Waals surface area contributed by atoms with Crippen LogP contribution in [-0.2, 0) is 16.6 Å². The molecule has 0 amide bonds. The zero-order valence-corrected chi connectivity index (χ0v) is 17.0. The predicted octanol–water partition coefficient (Wildman–Crippen LogP) is 3.55. The third-order valence-electron chi connectivity index (χ3n) is 4.27. The molecule has 1 heterocycles. The second kappa shape index (κ2) is 8.10. The molecular formula is C19H20N4O5S. The number of nitro groups is 1. The maximum absolute atomic E-state index is 13.0. The Balaban J connectivity index is 1.87. The van der Waals surface area contributed by atoms with Crippen molar-refractivity contribution < 1.29 is 17.9 Å². The highest BCUT2D eigenvalue weighted by Gasteiger charge is 2.29. The van der Waals surface area contributed by atoms with Crippen LogP contribution >= 0.6 is 0 Å². The van der Waals surface area contributed by atoms with Crippen LogP contribution in [0.1, 0.15) is 25.3 Å². The van der Waals surface area contributed by atoms with Crippen molar-refractivity contribution in [2.45, 2.75) is 38.3 Å². The topological polar surface area (TPSA) is 119 Å². The molecule has 9 nitrogen and oxygen atoms in total. The average Bonchev–Trinajstić information content (AvgIpc) is 3.14. The molecule has 0 bridgehead atoms. The molecule has 0 radical (unpaired) electrons. The maximum atomic E-state index is 13.0. The Bertz CT molecular complexity index is 1120. The zero-order chi connectivity index (χ0) is 21.2. The summed E-state index contributed by atoms with van der Waals surface area (Å²) in [4.78, 5) is 14.5. The fourth-order valence-corrected chi connectivity index (χ4v) is 4.36. The minimum absolute atomic E-state index is 0.0461. The minimum Gasteiger partial charge on any atom is -0.338 e. The highest BCUT2D eigenvalue weighted by molar-refractivity contribution is 7.89. The molecule has 0 aliphatic rings. The van der Waals surface area contributed by atoms with Crippen molar-refractivity contribution >= 4 is 15.7 Å². The van der Waals surface area contributed by atoms with Crippen molar-refractivity contribution in [2.75, 3.05) is 0 Å². The SMILES string of the molecule is Cc1cccc(-c2noc(CN(C(C)C)S(=O)(=O)c3ccc([N+](=O)[O-])cc3)n2)c1. The van der Waals surface area contributed by atoms with Gasteiger partial charge in [0.2, 0.25) is 21.7 Å². The standard InChI is InChI=1S/C19H20N4O5S/c1-13(2)22(29(26,27)17-9-7-16(8-10-17)23(24)25)12-18-20-19(21-28-18)15-6-4-5-14(3)11-15/h4-11,13H,12H2,1-3H3. The Morgan fingerprint density at radius 1 is 1.17 bits per heavy atom. The van der Waals surface area contributed by atoms with Gasteiger partial charge in [0, 0.05) is 23.7 Å². The Morgan fingerprint density at radius 2 is 1.86 bits per heavy atom. The summed E-state index contributed by atoms with van der Waals surface area (Å²) in [6.45, 7) is 5.28. The van der Waals surface area contributed by atoms with Gasteiger partial charge < -0.3 is 4.52 Å². The summed E-state index contributed by atoms with van der Waals surface area (Å²) in [6, 6.07) is 11.9. The molecule has 0 aliphatic heterocycles. The predicted molar refractivity (Wildman–Crippen MR) is 105 cm³/mol. The van der Waals surface area contributed by atoms with Crippen molar-refractivity contribution in [3.05, 3.63) is 70.1 Å². The lowest BCUT2D eigenvalue weighted by molar-refractivity contribution is -0.384. The van der Waals surface area contributed by atoms with Crippen molar-refractivity contribution in [1.82, 2.24) is 14.4 Å². The Morgan fingerprint density at radius 3 is 2.45 bits per heavy atom. The van der Waals surface area contributed by atoms with E-state index in [0.29, 0.717) is 5.82 Å². The molecule has 0 unspecified atom stereocenters. The molecule has 152 valence electrons. The van der Waals surface area contributed by atoms with Gasteiger partial charge in [0.25, 0.3) is 5.69 Å². The second-order valence-electron chi connectivity index (χ2n) is 6.78. The summed E-state index contributed by atoms with van der Waals surface area (Å²) >= 11 is 0. The number of hydrogen-bond donors (Lipinski definition) is 0. The van der Waals surface area contributed by atoms with Gasteiger partial charge in [-0.2, -0.15) is 9.29 Å². The van der Waals surface area contributed by atoms with E-state index >= 15 is 0 Å². The lowest BCUT2D eigenvalue weighted by atomic mass is 10.1. The Labute approximate surface area is 168 Å². The van der Waals surface area contributed by atoms with E-state index in [2.05, 4.69) is 10.1 Å². The molecule has 0 atom stereocenters. The number of aromatic nitrogens is 2. The third-order valence-corrected chi connectivity index (χ3v) is 6.30. The van der Waals surface area contributed by atoms with E-state index < -0.39 is 21.0 Å². The molecule has 3 rings (SSSR count). The first-order valence-electron chi connectivity index (χ1n) is 8.84. The zero-order valence-electron chi connectivity index (χ0n) is 16.1. The summed E-state index contributed by atoms with van der Waals surface area (Å²) < 4.78 is 32.6. The number of sulfonamides is 1. The molecule has 1 aromatic heterocycles. The van der Waals surface area contributed by atoms with Crippen LogP contribution in [0.4, 0.5) is 5.69 Å². The van der Waals surface area contributed by atoms with Crippen molar-refractivity contribution in [1.29, 1.82) is 0 Å². The summed E-state index contributed by atoms with van der Waals surface area (Å²) in [5, 5.41) is 14.7. The van der Waals surface area contributed by atoms with Gasteiger partial charge in [0.15, 0.2) is 0 Å². The summed E-state index contributed by atoms with van der Waals surface area (Å²) in [5.41, 5.74) is 1.63. The molecule has 0 saturated heterocycles. The van der Waals surface area contributed by atoms with E-state index in [4.69, 9.17) is 4.52 Å². The van der Waals surface area contributed by atoms with Crippen molar-refractivity contribution in [3.8, 4) is 11.4 Å². The normalized spacial score (nSPS) is 11.9. The second-order valence-corrected chi connectivity index (χ2v) is 8.67. The highest BCUT2D eigenvalue weighted by atomic mass is 32.2. The van der Waals surface area contributed by atoms with E-state index in [0.717, 1.165) is 23.3 Å². The van der Waals surface area contributed by atoms with Gasteiger partial charge in [-0.15, -0.1) is 0 Å². The van der Waals surface area contributed by atoms with Crippen molar-refractivity contribution in [2.24, 2.45) is 0 Å². The molecule has 3 aromatic rings. The van der Waals surface area contributed by atoms with E-state index in [1.54, 1.807) is 13.8 Å². The molecule has 2 aromatic carbocycles. The smallest absolute Gasteiger partial charge is 0.269 e. The van der Waals surface area contributed by atoms with Crippen LogP contribution in [0, 0.1) is 17.0 Å². The summed E-state index contributed by atoms with van der Waals surface area (Å²) in [6.07, 6.45) is 0. The van der Waals surface area contributed by atoms with E-state index in [1.165, 1.54) is 16.4 Å². The number of non-ortho nitro benzene ring substituents is 1. The average molecular weight is 416 g/mol. The van der Waals surface area contributed by atoms with E-state index in [-0.39, 0.29) is 23.0 Å². The molecule has 0 spiro atoms. The first-order chi connectivity index (χ1) is 13.7. The fourth-order valence-electron chi connectivity index (χ4n) is 2.77. The highest BCUT2D eigenvalue weighted by Crippen LogP contribution is 2.24. The van der Waals surface area contributed by atoms with Gasteiger partial charge in [-0.25, -0.2) is 8.42 Å². The molecule has 10 heteroatoms. The van der Waals surface area contributed by atoms with Crippen LogP contribution in [-0.4, -0.2) is 33.8 Å². The maximum Gasteiger partial charge on any atom is 0.269 e. The Hall–Kier alpha value is -3.11. The van der Waals surface area contributed by atoms with Crippen LogP contribution in [0.25, 0.3) is 11.4 Å². The summed E-state index contributed by atoms with van der Waals surface area (Å²) in [5.74, 6) is 0.529. The molecule has 29 heavy (non-hydrogen) atoms. The van der Waals surface area contributed by atoms with Crippen LogP contribution in [0.3, 0.4) is 0 Å². The number of rotatable bonds is 7.